The average molecular weight is 627 g/mol. The molecule has 0 aliphatic heterocycles. The van der Waals surface area contributed by atoms with Gasteiger partial charge in [0.2, 0.25) is 5.95 Å². The minimum absolute atomic E-state index is 0.0927. The van der Waals surface area contributed by atoms with E-state index in [0.717, 1.165) is 12.5 Å². The lowest BCUT2D eigenvalue weighted by atomic mass is 10.2. The van der Waals surface area contributed by atoms with Crippen molar-refractivity contribution in [1.29, 1.82) is 0 Å². The van der Waals surface area contributed by atoms with Crippen LogP contribution in [0.3, 0.4) is 0 Å². The summed E-state index contributed by atoms with van der Waals surface area (Å²) in [6, 6.07) is 3.52. The number of unbranched alkanes of at least 4 members (excludes halogenated alkanes) is 1. The van der Waals surface area contributed by atoms with Crippen molar-refractivity contribution in [3.8, 4) is 0 Å². The van der Waals surface area contributed by atoms with E-state index in [2.05, 4.69) is 84.3 Å². The van der Waals surface area contributed by atoms with Crippen molar-refractivity contribution < 1.29 is 4.79 Å². The molecule has 3 aromatic rings. The predicted octanol–water partition coefficient (Wildman–Crippen LogP) is 7.59. The Balaban J connectivity index is 0.000000719. The van der Waals surface area contributed by atoms with E-state index in [1.807, 2.05) is 17.8 Å². The molecule has 236 valence electrons. The normalized spacial score (nSPS) is 12.8. The molecule has 1 saturated carbocycles. The predicted molar refractivity (Wildman–Crippen MR) is 185 cm³/mol. The highest BCUT2D eigenvalue weighted by atomic mass is 32.1. The summed E-state index contributed by atoms with van der Waals surface area (Å²) in [5.74, 6) is 2.67. The Morgan fingerprint density at radius 2 is 1.70 bits per heavy atom. The highest BCUT2D eigenvalue weighted by Crippen LogP contribution is 2.39. The number of likely N-dealkylation sites (N-methyl/N-ethyl adjacent to an activating group) is 2. The number of rotatable bonds is 11. The quantitative estimate of drug-likeness (QED) is 0.187. The van der Waals surface area contributed by atoms with Crippen molar-refractivity contribution in [2.75, 3.05) is 36.9 Å². The monoisotopic (exact) mass is 626 g/mol. The second-order valence-electron chi connectivity index (χ2n) is 11.3. The molecule has 1 amide bonds. The number of nitrogens with zero attached hydrogens (tertiary/aromatic N) is 6. The molecule has 1 aliphatic carbocycles. The Morgan fingerprint density at radius 1 is 1.07 bits per heavy atom. The van der Waals surface area contributed by atoms with Gasteiger partial charge in [-0.2, -0.15) is 0 Å². The van der Waals surface area contributed by atoms with Crippen molar-refractivity contribution in [2.45, 2.75) is 80.1 Å². The van der Waals surface area contributed by atoms with Crippen molar-refractivity contribution >= 4 is 51.7 Å². The molecule has 1 fully saturated rings. The Morgan fingerprint density at radius 3 is 2.19 bits per heavy atom. The van der Waals surface area contributed by atoms with Gasteiger partial charge >= 0.3 is 0 Å². The van der Waals surface area contributed by atoms with Gasteiger partial charge in [-0.1, -0.05) is 47.5 Å². The van der Waals surface area contributed by atoms with E-state index in [1.54, 1.807) is 37.2 Å². The van der Waals surface area contributed by atoms with Crippen LogP contribution in [0.2, 0.25) is 0 Å². The van der Waals surface area contributed by atoms with Crippen molar-refractivity contribution in [3.05, 3.63) is 58.6 Å². The Kier molecular flexibility index (Phi) is 15.5. The van der Waals surface area contributed by atoms with Crippen molar-refractivity contribution in [3.63, 3.8) is 0 Å². The van der Waals surface area contributed by atoms with E-state index in [4.69, 9.17) is 5.73 Å². The molecular weight excluding hydrogens is 577 g/mol. The smallest absolute Gasteiger partial charge is 0.255 e. The maximum Gasteiger partial charge on any atom is 0.255 e. The van der Waals surface area contributed by atoms with Crippen LogP contribution in [-0.4, -0.2) is 57.4 Å². The second-order valence-corrected chi connectivity index (χ2v) is 12.6. The average Bonchev–Trinajstić information content (AvgIpc) is 3.75. The summed E-state index contributed by atoms with van der Waals surface area (Å²) >= 11 is 5.81. The highest BCUT2D eigenvalue weighted by molar-refractivity contribution is 7.90. The number of thiol groups is 1. The standard InChI is InChI=1S/C24H30N8OS2.2C4H10/c1-4-32(23-27-12-18(13-28-23)16-5-6-16)10-9-31(3)22(33)17-7-8-20(26-11-17)30-24-29-19(14-35-24)21(34)15(2)25;1-4(2)3;1-3-4-2/h7-8,11-14,16,34H,4-6,9-10,25H2,1-3H3,(H,26,29,30);4H,1-3H3;3-4H2,1-2H3/b21-15-;;. The molecule has 1 aliphatic rings. The third-order valence-corrected chi connectivity index (χ3v) is 7.63. The summed E-state index contributed by atoms with van der Waals surface area (Å²) in [6.07, 6.45) is 10.5. The van der Waals surface area contributed by atoms with Crippen LogP contribution in [-0.2, 0) is 0 Å². The van der Waals surface area contributed by atoms with Crippen LogP contribution in [0.4, 0.5) is 16.9 Å². The molecule has 0 unspecified atom stereocenters. The lowest BCUT2D eigenvalue weighted by Gasteiger charge is -2.24. The van der Waals surface area contributed by atoms with Gasteiger partial charge in [0, 0.05) is 61.3 Å². The molecule has 11 heteroatoms. The molecule has 0 bridgehead atoms. The molecule has 0 aromatic carbocycles. The number of anilines is 3. The van der Waals surface area contributed by atoms with Gasteiger partial charge in [0.25, 0.3) is 5.91 Å². The minimum Gasteiger partial charge on any atom is -0.401 e. The van der Waals surface area contributed by atoms with Gasteiger partial charge in [0.1, 0.15) is 5.82 Å². The fourth-order valence-corrected chi connectivity index (χ4v) is 4.37. The minimum atomic E-state index is -0.0927. The second kappa shape index (κ2) is 18.5. The van der Waals surface area contributed by atoms with Crippen LogP contribution >= 0.6 is 24.0 Å². The molecule has 0 atom stereocenters. The van der Waals surface area contributed by atoms with Crippen LogP contribution in [0.25, 0.3) is 4.91 Å². The molecular formula is C32H50N8OS2. The Labute approximate surface area is 267 Å². The van der Waals surface area contributed by atoms with Crippen molar-refractivity contribution in [2.24, 2.45) is 11.7 Å². The number of nitrogens with two attached hydrogens (primary N) is 1. The molecule has 9 nitrogen and oxygen atoms in total. The zero-order valence-electron chi connectivity index (χ0n) is 27.1. The zero-order chi connectivity index (χ0) is 31.9. The van der Waals surface area contributed by atoms with Gasteiger partial charge in [-0.25, -0.2) is 19.9 Å². The number of hydrogen-bond donors (Lipinski definition) is 3. The molecule has 4 rings (SSSR count). The number of pyridine rings is 1. The first-order valence-electron chi connectivity index (χ1n) is 15.2. The molecule has 3 heterocycles. The molecule has 3 N–H and O–H groups in total. The highest BCUT2D eigenvalue weighted by Gasteiger charge is 2.24. The number of thiazole rings is 1. The fourth-order valence-electron chi connectivity index (χ4n) is 3.46. The number of carbonyl (C=O) groups is 1. The van der Waals surface area contributed by atoms with E-state index >= 15 is 0 Å². The van der Waals surface area contributed by atoms with Crippen LogP contribution < -0.4 is 16.0 Å². The van der Waals surface area contributed by atoms with Gasteiger partial charge in [0.05, 0.1) is 11.3 Å². The number of carbonyl (C=O) groups excluding carboxylic acids is 1. The van der Waals surface area contributed by atoms with Gasteiger partial charge in [-0.05, 0) is 56.2 Å². The van der Waals surface area contributed by atoms with Crippen LogP contribution in [0.5, 0.6) is 0 Å². The number of amides is 1. The number of aromatic nitrogens is 4. The van der Waals surface area contributed by atoms with Gasteiger partial charge in [0.15, 0.2) is 5.13 Å². The summed E-state index contributed by atoms with van der Waals surface area (Å²) in [5.41, 5.74) is 8.83. The lowest BCUT2D eigenvalue weighted by Crippen LogP contribution is -2.37. The largest absolute Gasteiger partial charge is 0.401 e. The summed E-state index contributed by atoms with van der Waals surface area (Å²) in [7, 11) is 1.79. The van der Waals surface area contributed by atoms with Crippen molar-refractivity contribution in [1.82, 2.24) is 24.8 Å². The van der Waals surface area contributed by atoms with Gasteiger partial charge in [-0.15, -0.1) is 24.0 Å². The van der Waals surface area contributed by atoms with E-state index in [9.17, 15) is 4.79 Å². The third kappa shape index (κ3) is 12.5. The molecule has 0 radical (unpaired) electrons. The fraction of sp³-hybridized carbons (Fsp3) is 0.531. The van der Waals surface area contributed by atoms with E-state index < -0.39 is 0 Å². The summed E-state index contributed by atoms with van der Waals surface area (Å²) in [6.45, 7) is 16.7. The molecule has 43 heavy (non-hydrogen) atoms. The Hall–Kier alpha value is -3.18. The maximum atomic E-state index is 12.9. The first-order valence-corrected chi connectivity index (χ1v) is 16.5. The molecule has 0 saturated heterocycles. The maximum absolute atomic E-state index is 12.9. The van der Waals surface area contributed by atoms with Crippen LogP contribution in [0.15, 0.2) is 41.8 Å². The zero-order valence-corrected chi connectivity index (χ0v) is 28.8. The summed E-state index contributed by atoms with van der Waals surface area (Å²) in [4.78, 5) is 35.2. The van der Waals surface area contributed by atoms with E-state index in [0.29, 0.717) is 57.8 Å². The van der Waals surface area contributed by atoms with E-state index in [-0.39, 0.29) is 5.91 Å². The molecule has 0 spiro atoms. The van der Waals surface area contributed by atoms with E-state index in [1.165, 1.54) is 42.6 Å². The molecule has 3 aromatic heterocycles. The van der Waals surface area contributed by atoms with Crippen LogP contribution in [0.1, 0.15) is 102 Å². The first kappa shape index (κ1) is 36.0. The number of nitrogens with one attached hydrogen (secondary N) is 1. The van der Waals surface area contributed by atoms with Gasteiger partial charge in [-0.3, -0.25) is 4.79 Å². The lowest BCUT2D eigenvalue weighted by molar-refractivity contribution is 0.0798. The summed E-state index contributed by atoms with van der Waals surface area (Å²) < 4.78 is 0. The van der Waals surface area contributed by atoms with Crippen LogP contribution in [0, 0.1) is 5.92 Å². The third-order valence-electron chi connectivity index (χ3n) is 6.29. The number of hydrogen-bond acceptors (Lipinski definition) is 10. The first-order chi connectivity index (χ1) is 20.5. The van der Waals surface area contributed by atoms with Gasteiger partial charge < -0.3 is 20.9 Å². The number of allylic oxidation sites excluding steroid dienone is 1. The Bertz CT molecular complexity index is 1260. The summed E-state index contributed by atoms with van der Waals surface area (Å²) in [5, 5.41) is 5.69. The SMILES string of the molecule is CC(C)C.CCCC.CCN(CCN(C)C(=O)c1ccc(Nc2nc(/C(S)=C(\C)N)cs2)nc1)c1ncc(C2CC2)cn1. The topological polar surface area (TPSA) is 113 Å².